The molecule has 1 atom stereocenters. The monoisotopic (exact) mass is 409 g/mol. The van der Waals surface area contributed by atoms with E-state index in [-0.39, 0.29) is 5.56 Å². The highest BCUT2D eigenvalue weighted by molar-refractivity contribution is 9.10. The van der Waals surface area contributed by atoms with E-state index < -0.39 is 23.8 Å². The minimum Gasteiger partial charge on any atom is -0.480 e. The fourth-order valence-electron chi connectivity index (χ4n) is 2.10. The van der Waals surface area contributed by atoms with E-state index in [0.29, 0.717) is 15.9 Å². The zero-order chi connectivity index (χ0) is 18.6. The third-order valence-electron chi connectivity index (χ3n) is 3.41. The molecule has 0 fully saturated rings. The molecule has 2 rings (SSSR count). The topological polar surface area (TPSA) is 64.6 Å². The Kier molecular flexibility index (Phi) is 6.14. The van der Waals surface area contributed by atoms with E-state index >= 15 is 0 Å². The van der Waals surface area contributed by atoms with Crippen molar-refractivity contribution in [1.29, 1.82) is 0 Å². The molecule has 0 bridgehead atoms. The van der Waals surface area contributed by atoms with E-state index in [4.69, 9.17) is 9.47 Å². The Morgan fingerprint density at radius 2 is 1.92 bits per heavy atom. The van der Waals surface area contributed by atoms with Crippen LogP contribution in [0.5, 0.6) is 5.75 Å². The van der Waals surface area contributed by atoms with Gasteiger partial charge >= 0.3 is 5.97 Å². The van der Waals surface area contributed by atoms with Gasteiger partial charge in [0.15, 0.2) is 6.10 Å². The number of anilines is 1. The highest BCUT2D eigenvalue weighted by Crippen LogP contribution is 2.27. The van der Waals surface area contributed by atoms with Crippen molar-refractivity contribution in [2.45, 2.75) is 20.0 Å². The first-order valence-electron chi connectivity index (χ1n) is 7.43. The van der Waals surface area contributed by atoms with E-state index in [9.17, 15) is 14.0 Å². The van der Waals surface area contributed by atoms with Gasteiger partial charge in [0, 0.05) is 0 Å². The number of rotatable bonds is 5. The van der Waals surface area contributed by atoms with Gasteiger partial charge in [-0.25, -0.2) is 9.18 Å². The zero-order valence-electron chi connectivity index (χ0n) is 13.9. The Hall–Kier alpha value is -2.41. The lowest BCUT2D eigenvalue weighted by Gasteiger charge is -2.17. The van der Waals surface area contributed by atoms with Crippen molar-refractivity contribution >= 4 is 33.5 Å². The molecule has 0 saturated heterocycles. The number of amides is 1. The molecule has 7 heteroatoms. The van der Waals surface area contributed by atoms with E-state index in [1.165, 1.54) is 25.3 Å². The third kappa shape index (κ3) is 4.79. The van der Waals surface area contributed by atoms with Gasteiger partial charge in [-0.1, -0.05) is 11.6 Å². The summed E-state index contributed by atoms with van der Waals surface area (Å²) >= 11 is 3.18. The average Bonchev–Trinajstić information content (AvgIpc) is 2.58. The lowest BCUT2D eigenvalue weighted by molar-refractivity contribution is -0.122. The molecular formula is C18H17BrFNO4. The number of nitrogens with one attached hydrogen (secondary N) is 1. The summed E-state index contributed by atoms with van der Waals surface area (Å²) in [5, 5.41) is 2.65. The summed E-state index contributed by atoms with van der Waals surface area (Å²) in [5.41, 5.74) is 1.44. The summed E-state index contributed by atoms with van der Waals surface area (Å²) in [6, 6.07) is 8.93. The van der Waals surface area contributed by atoms with E-state index in [2.05, 4.69) is 21.2 Å². The fraction of sp³-hybridized carbons (Fsp3) is 0.222. The highest BCUT2D eigenvalue weighted by atomic mass is 79.9. The summed E-state index contributed by atoms with van der Waals surface area (Å²) in [6.07, 6.45) is -0.867. The second kappa shape index (κ2) is 8.11. The van der Waals surface area contributed by atoms with Gasteiger partial charge in [-0.15, -0.1) is 0 Å². The minimum atomic E-state index is -0.867. The Labute approximate surface area is 153 Å². The molecule has 0 aromatic heterocycles. The average molecular weight is 410 g/mol. The largest absolute Gasteiger partial charge is 0.480 e. The molecule has 0 aliphatic heterocycles. The first-order valence-corrected chi connectivity index (χ1v) is 8.22. The van der Waals surface area contributed by atoms with Gasteiger partial charge in [-0.05, 0) is 60.1 Å². The first kappa shape index (κ1) is 18.9. The Morgan fingerprint density at radius 1 is 1.20 bits per heavy atom. The fourth-order valence-corrected chi connectivity index (χ4v) is 2.54. The van der Waals surface area contributed by atoms with Crippen LogP contribution in [0.25, 0.3) is 0 Å². The summed E-state index contributed by atoms with van der Waals surface area (Å²) in [6.45, 7) is 3.38. The van der Waals surface area contributed by atoms with Crippen LogP contribution in [-0.4, -0.2) is 25.1 Å². The number of carbonyl (C=O) groups is 2. The van der Waals surface area contributed by atoms with Gasteiger partial charge in [0.2, 0.25) is 0 Å². The Balaban J connectivity index is 2.15. The molecule has 0 heterocycles. The number of carbonyl (C=O) groups excluding carboxylic acids is 2. The molecule has 0 aliphatic rings. The van der Waals surface area contributed by atoms with E-state index in [1.807, 2.05) is 6.92 Å². The second-order valence-electron chi connectivity index (χ2n) is 5.36. The molecule has 0 spiro atoms. The van der Waals surface area contributed by atoms with Crippen LogP contribution in [0.2, 0.25) is 0 Å². The molecular weight excluding hydrogens is 393 g/mol. The van der Waals surface area contributed by atoms with Crippen molar-refractivity contribution in [1.82, 2.24) is 0 Å². The number of aryl methyl sites for hydroxylation is 1. The molecule has 25 heavy (non-hydrogen) atoms. The maximum Gasteiger partial charge on any atom is 0.339 e. The van der Waals surface area contributed by atoms with Crippen molar-refractivity contribution in [2.24, 2.45) is 0 Å². The van der Waals surface area contributed by atoms with Crippen LogP contribution in [0.1, 0.15) is 22.8 Å². The van der Waals surface area contributed by atoms with Gasteiger partial charge in [0.1, 0.15) is 11.6 Å². The molecule has 0 aliphatic carbocycles. The number of ether oxygens (including phenoxy) is 2. The molecule has 0 radical (unpaired) electrons. The van der Waals surface area contributed by atoms with E-state index in [1.54, 1.807) is 25.1 Å². The van der Waals surface area contributed by atoms with Crippen LogP contribution in [-0.2, 0) is 9.53 Å². The number of benzene rings is 2. The van der Waals surface area contributed by atoms with Gasteiger partial charge < -0.3 is 14.8 Å². The highest BCUT2D eigenvalue weighted by Gasteiger charge is 2.20. The third-order valence-corrected chi connectivity index (χ3v) is 4.02. The molecule has 5 nitrogen and oxygen atoms in total. The summed E-state index contributed by atoms with van der Waals surface area (Å²) < 4.78 is 23.8. The van der Waals surface area contributed by atoms with E-state index in [0.717, 1.165) is 5.56 Å². The maximum absolute atomic E-state index is 13.1. The van der Waals surface area contributed by atoms with Crippen LogP contribution in [0, 0.1) is 12.7 Å². The molecule has 2 aromatic rings. The van der Waals surface area contributed by atoms with Crippen LogP contribution in [0.4, 0.5) is 10.1 Å². The number of halogens is 2. The minimum absolute atomic E-state index is 0.256. The van der Waals surface area contributed by atoms with Crippen molar-refractivity contribution in [2.75, 3.05) is 12.4 Å². The smallest absolute Gasteiger partial charge is 0.339 e. The van der Waals surface area contributed by atoms with Crippen LogP contribution in [0.3, 0.4) is 0 Å². The summed E-state index contributed by atoms with van der Waals surface area (Å²) in [5.74, 6) is -1.08. The number of hydrogen-bond donors (Lipinski definition) is 1. The molecule has 1 amide bonds. The Bertz CT molecular complexity index is 810. The summed E-state index contributed by atoms with van der Waals surface area (Å²) in [4.78, 5) is 24.2. The Morgan fingerprint density at radius 3 is 2.56 bits per heavy atom. The van der Waals surface area contributed by atoms with Gasteiger partial charge in [-0.3, -0.25) is 4.79 Å². The molecule has 1 N–H and O–H groups in total. The van der Waals surface area contributed by atoms with Crippen molar-refractivity contribution in [3.8, 4) is 5.75 Å². The van der Waals surface area contributed by atoms with Gasteiger partial charge in [-0.2, -0.15) is 0 Å². The first-order chi connectivity index (χ1) is 11.8. The number of esters is 1. The standard InChI is InChI=1S/C18H17BrFNO4/c1-10-4-6-15(13(8-10)18(23)24-3)21-17(22)11(2)25-16-7-5-12(20)9-14(16)19/h4-9,11H,1-3H3,(H,21,22). The van der Waals surface area contributed by atoms with Crippen LogP contribution < -0.4 is 10.1 Å². The SMILES string of the molecule is COC(=O)c1cc(C)ccc1NC(=O)C(C)Oc1ccc(F)cc1Br. The lowest BCUT2D eigenvalue weighted by atomic mass is 10.1. The van der Waals surface area contributed by atoms with Gasteiger partial charge in [0.05, 0.1) is 22.8 Å². The van der Waals surface area contributed by atoms with Crippen molar-refractivity contribution in [3.05, 3.63) is 57.8 Å². The maximum atomic E-state index is 13.1. The number of methoxy groups -OCH3 is 1. The molecule has 1 unspecified atom stereocenters. The predicted octanol–water partition coefficient (Wildman–Crippen LogP) is 4.09. The van der Waals surface area contributed by atoms with Gasteiger partial charge in [0.25, 0.3) is 5.91 Å². The lowest BCUT2D eigenvalue weighted by Crippen LogP contribution is -2.31. The summed E-state index contributed by atoms with van der Waals surface area (Å²) in [7, 11) is 1.27. The molecule has 0 saturated carbocycles. The molecule has 132 valence electrons. The number of hydrogen-bond acceptors (Lipinski definition) is 4. The zero-order valence-corrected chi connectivity index (χ0v) is 15.5. The second-order valence-corrected chi connectivity index (χ2v) is 6.22. The van der Waals surface area contributed by atoms with Crippen molar-refractivity contribution < 1.29 is 23.5 Å². The van der Waals surface area contributed by atoms with Crippen LogP contribution in [0.15, 0.2) is 40.9 Å². The quantitative estimate of drug-likeness (QED) is 0.755. The molecule has 2 aromatic carbocycles. The normalized spacial score (nSPS) is 11.6. The van der Waals surface area contributed by atoms with Crippen molar-refractivity contribution in [3.63, 3.8) is 0 Å². The predicted molar refractivity (Wildman–Crippen MR) is 95.3 cm³/mol. The van der Waals surface area contributed by atoms with Crippen LogP contribution >= 0.6 is 15.9 Å².